The molecule has 0 radical (unpaired) electrons. The number of rotatable bonds is 1. The largest absolute Gasteiger partial charge is 0.198 e. The molecule has 0 fully saturated rings. The summed E-state index contributed by atoms with van der Waals surface area (Å²) in [7, 11) is 0. The minimum atomic E-state index is 0.121. The molecule has 0 saturated carbocycles. The van der Waals surface area contributed by atoms with Gasteiger partial charge in [-0.05, 0) is 12.8 Å². The van der Waals surface area contributed by atoms with Gasteiger partial charge in [0.25, 0.3) is 0 Å². The Balaban J connectivity index is 2.56. The Bertz CT molecular complexity index is 205. The van der Waals surface area contributed by atoms with E-state index in [9.17, 15) is 0 Å². The molecular weight excluding hydrogens is 122 g/mol. The van der Waals surface area contributed by atoms with Crippen LogP contribution in [0.1, 0.15) is 19.8 Å². The lowest BCUT2D eigenvalue weighted by molar-refractivity contribution is 0.821. The number of allylic oxidation sites excluding steroid dienone is 4. The number of hydrogen-bond acceptors (Lipinski definition) is 1. The smallest absolute Gasteiger partial charge is 0.0700 e. The summed E-state index contributed by atoms with van der Waals surface area (Å²) < 4.78 is 0. The summed E-state index contributed by atoms with van der Waals surface area (Å²) in [6, 6.07) is 2.22. The van der Waals surface area contributed by atoms with E-state index in [1.54, 1.807) is 0 Å². The van der Waals surface area contributed by atoms with E-state index < -0.39 is 0 Å². The van der Waals surface area contributed by atoms with Crippen LogP contribution in [0.5, 0.6) is 0 Å². The molecule has 10 heavy (non-hydrogen) atoms. The van der Waals surface area contributed by atoms with Gasteiger partial charge in [-0.2, -0.15) is 5.26 Å². The number of nitrogens with zero attached hydrogens (tertiary/aromatic N) is 1. The van der Waals surface area contributed by atoms with Crippen molar-refractivity contribution in [3.05, 3.63) is 23.8 Å². The summed E-state index contributed by atoms with van der Waals surface area (Å²) in [6.07, 6.45) is 8.16. The van der Waals surface area contributed by atoms with E-state index in [-0.39, 0.29) is 5.92 Å². The molecule has 0 aromatic carbocycles. The van der Waals surface area contributed by atoms with E-state index in [2.05, 4.69) is 25.1 Å². The summed E-state index contributed by atoms with van der Waals surface area (Å²) >= 11 is 0. The van der Waals surface area contributed by atoms with Crippen LogP contribution in [-0.2, 0) is 0 Å². The molecule has 0 aliphatic heterocycles. The highest BCUT2D eigenvalue weighted by Crippen LogP contribution is 2.16. The minimum absolute atomic E-state index is 0.121. The van der Waals surface area contributed by atoms with E-state index in [1.807, 2.05) is 6.08 Å². The fraction of sp³-hybridized carbons (Fsp3) is 0.444. The standard InChI is InChI=1S/C9H11N/c1-2-8-3-5-9(7-10)6-4-8/h3-5,9H,2,6H2,1H3. The number of nitriles is 1. The first-order valence-electron chi connectivity index (χ1n) is 3.63. The lowest BCUT2D eigenvalue weighted by atomic mass is 9.97. The Hall–Kier alpha value is -1.03. The van der Waals surface area contributed by atoms with E-state index in [4.69, 9.17) is 5.26 Å². The second-order valence-electron chi connectivity index (χ2n) is 2.46. The highest BCUT2D eigenvalue weighted by Gasteiger charge is 2.04. The molecule has 1 aliphatic carbocycles. The molecular formula is C9H11N. The second-order valence-corrected chi connectivity index (χ2v) is 2.46. The Labute approximate surface area is 61.7 Å². The van der Waals surface area contributed by atoms with E-state index >= 15 is 0 Å². The molecule has 1 atom stereocenters. The third-order valence-electron chi connectivity index (χ3n) is 1.75. The second kappa shape index (κ2) is 3.22. The van der Waals surface area contributed by atoms with Crippen LogP contribution in [0, 0.1) is 17.2 Å². The summed E-state index contributed by atoms with van der Waals surface area (Å²) in [5, 5.41) is 8.52. The zero-order valence-electron chi connectivity index (χ0n) is 6.17. The van der Waals surface area contributed by atoms with Crippen molar-refractivity contribution < 1.29 is 0 Å². The topological polar surface area (TPSA) is 23.8 Å². The van der Waals surface area contributed by atoms with E-state index in [1.165, 1.54) is 5.57 Å². The van der Waals surface area contributed by atoms with Crippen LogP contribution in [0.25, 0.3) is 0 Å². The summed E-state index contributed by atoms with van der Waals surface area (Å²) in [6.45, 7) is 2.13. The predicted molar refractivity (Wildman–Crippen MR) is 41.2 cm³/mol. The molecule has 1 rings (SSSR count). The first-order chi connectivity index (χ1) is 4.86. The van der Waals surface area contributed by atoms with Crippen LogP contribution in [0.4, 0.5) is 0 Å². The maximum atomic E-state index is 8.52. The first kappa shape index (κ1) is 7.08. The molecule has 52 valence electrons. The predicted octanol–water partition coefficient (Wildman–Crippen LogP) is 2.42. The van der Waals surface area contributed by atoms with Crippen molar-refractivity contribution in [3.63, 3.8) is 0 Å². The van der Waals surface area contributed by atoms with Gasteiger partial charge in [0.15, 0.2) is 0 Å². The lowest BCUT2D eigenvalue weighted by Crippen LogP contribution is -1.95. The Kier molecular flexibility index (Phi) is 2.28. The van der Waals surface area contributed by atoms with Gasteiger partial charge in [-0.3, -0.25) is 0 Å². The maximum Gasteiger partial charge on any atom is 0.0700 e. The molecule has 0 aromatic heterocycles. The molecule has 1 unspecified atom stereocenters. The molecule has 0 N–H and O–H groups in total. The van der Waals surface area contributed by atoms with E-state index in [0.717, 1.165) is 12.8 Å². The van der Waals surface area contributed by atoms with E-state index in [0.29, 0.717) is 0 Å². The highest BCUT2D eigenvalue weighted by molar-refractivity contribution is 5.25. The molecule has 0 amide bonds. The summed E-state index contributed by atoms with van der Waals surface area (Å²) in [5.74, 6) is 0.121. The van der Waals surface area contributed by atoms with Gasteiger partial charge in [0, 0.05) is 0 Å². The maximum absolute atomic E-state index is 8.52. The van der Waals surface area contributed by atoms with Crippen molar-refractivity contribution in [2.75, 3.05) is 0 Å². The number of hydrogen-bond donors (Lipinski definition) is 0. The Morgan fingerprint density at radius 2 is 2.60 bits per heavy atom. The average molecular weight is 133 g/mol. The van der Waals surface area contributed by atoms with Crippen LogP contribution in [0.15, 0.2) is 23.8 Å². The molecule has 0 aromatic rings. The minimum Gasteiger partial charge on any atom is -0.198 e. The molecule has 1 aliphatic rings. The van der Waals surface area contributed by atoms with Gasteiger partial charge in [-0.1, -0.05) is 30.7 Å². The normalized spacial score (nSPS) is 23.6. The molecule has 1 heteroatoms. The highest BCUT2D eigenvalue weighted by atomic mass is 14.3. The zero-order chi connectivity index (χ0) is 7.40. The van der Waals surface area contributed by atoms with Gasteiger partial charge in [0.2, 0.25) is 0 Å². The van der Waals surface area contributed by atoms with Gasteiger partial charge in [-0.25, -0.2) is 0 Å². The SMILES string of the molecule is CCC1=CCC(C#N)C=C1. The van der Waals surface area contributed by atoms with Crippen molar-refractivity contribution in [3.8, 4) is 6.07 Å². The Morgan fingerprint density at radius 3 is 3.00 bits per heavy atom. The fourth-order valence-corrected chi connectivity index (χ4v) is 1.02. The van der Waals surface area contributed by atoms with Crippen LogP contribution in [0.3, 0.4) is 0 Å². The fourth-order valence-electron chi connectivity index (χ4n) is 1.02. The van der Waals surface area contributed by atoms with Crippen molar-refractivity contribution in [2.45, 2.75) is 19.8 Å². The third-order valence-corrected chi connectivity index (χ3v) is 1.75. The quantitative estimate of drug-likeness (QED) is 0.539. The van der Waals surface area contributed by atoms with Gasteiger partial charge < -0.3 is 0 Å². The summed E-state index contributed by atoms with van der Waals surface area (Å²) in [4.78, 5) is 0. The van der Waals surface area contributed by atoms with Crippen molar-refractivity contribution in [1.29, 1.82) is 5.26 Å². The molecule has 0 saturated heterocycles. The average Bonchev–Trinajstić information content (AvgIpc) is 2.05. The molecule has 0 bridgehead atoms. The van der Waals surface area contributed by atoms with Crippen molar-refractivity contribution >= 4 is 0 Å². The van der Waals surface area contributed by atoms with Crippen LogP contribution in [0.2, 0.25) is 0 Å². The van der Waals surface area contributed by atoms with Crippen molar-refractivity contribution in [2.24, 2.45) is 5.92 Å². The van der Waals surface area contributed by atoms with Crippen LogP contribution >= 0.6 is 0 Å². The van der Waals surface area contributed by atoms with Gasteiger partial charge in [-0.15, -0.1) is 0 Å². The van der Waals surface area contributed by atoms with Crippen LogP contribution in [-0.4, -0.2) is 0 Å². The van der Waals surface area contributed by atoms with Gasteiger partial charge >= 0.3 is 0 Å². The van der Waals surface area contributed by atoms with Crippen LogP contribution < -0.4 is 0 Å². The molecule has 0 heterocycles. The lowest BCUT2D eigenvalue weighted by Gasteiger charge is -2.06. The summed E-state index contributed by atoms with van der Waals surface area (Å²) in [5.41, 5.74) is 1.35. The molecule has 0 spiro atoms. The third kappa shape index (κ3) is 1.48. The van der Waals surface area contributed by atoms with Gasteiger partial charge in [0.05, 0.1) is 12.0 Å². The molecule has 1 nitrogen and oxygen atoms in total. The first-order valence-corrected chi connectivity index (χ1v) is 3.63. The zero-order valence-corrected chi connectivity index (χ0v) is 6.17. The monoisotopic (exact) mass is 133 g/mol. The van der Waals surface area contributed by atoms with Crippen molar-refractivity contribution in [1.82, 2.24) is 0 Å². The Morgan fingerprint density at radius 1 is 1.80 bits per heavy atom. The van der Waals surface area contributed by atoms with Gasteiger partial charge in [0.1, 0.15) is 0 Å².